The van der Waals surface area contributed by atoms with Gasteiger partial charge in [0.1, 0.15) is 0 Å². The summed E-state index contributed by atoms with van der Waals surface area (Å²) in [5, 5.41) is 6.07. The van der Waals surface area contributed by atoms with Crippen molar-refractivity contribution in [2.75, 3.05) is 13.1 Å². The first-order chi connectivity index (χ1) is 8.84. The molecule has 0 atom stereocenters. The van der Waals surface area contributed by atoms with E-state index in [1.54, 1.807) is 0 Å². The average Bonchev–Trinajstić information content (AvgIpc) is 2.68. The van der Waals surface area contributed by atoms with E-state index in [0.29, 0.717) is 25.2 Å². The maximum Gasteiger partial charge on any atom is 0.435 e. The minimum Gasteiger partial charge on any atom is -0.356 e. The zero-order valence-electron chi connectivity index (χ0n) is 10.6. The van der Waals surface area contributed by atoms with E-state index < -0.39 is 11.9 Å². The molecule has 0 aliphatic carbocycles. The Hall–Kier alpha value is -1.57. The van der Waals surface area contributed by atoms with Crippen LogP contribution in [0.2, 0.25) is 0 Å². The van der Waals surface area contributed by atoms with Gasteiger partial charge in [-0.1, -0.05) is 0 Å². The summed E-state index contributed by atoms with van der Waals surface area (Å²) in [5.41, 5.74) is 4.71. The molecule has 0 spiro atoms. The van der Waals surface area contributed by atoms with Gasteiger partial charge in [0.15, 0.2) is 5.69 Å². The molecule has 19 heavy (non-hydrogen) atoms. The van der Waals surface area contributed by atoms with Crippen LogP contribution in [0.4, 0.5) is 13.2 Å². The van der Waals surface area contributed by atoms with Crippen molar-refractivity contribution in [1.29, 1.82) is 0 Å². The Labute approximate surface area is 109 Å². The van der Waals surface area contributed by atoms with E-state index in [0.717, 1.165) is 6.07 Å². The predicted octanol–water partition coefficient (Wildman–Crippen LogP) is 1.07. The number of aryl methyl sites for hydroxylation is 2. The molecular weight excluding hydrogens is 261 g/mol. The lowest BCUT2D eigenvalue weighted by Gasteiger charge is -2.06. The van der Waals surface area contributed by atoms with Crippen molar-refractivity contribution in [1.82, 2.24) is 15.1 Å². The highest BCUT2D eigenvalue weighted by Crippen LogP contribution is 2.28. The summed E-state index contributed by atoms with van der Waals surface area (Å²) >= 11 is 0. The number of aromatic nitrogens is 2. The number of carbonyl (C=O) groups is 1. The zero-order chi connectivity index (χ0) is 14.5. The van der Waals surface area contributed by atoms with Crippen molar-refractivity contribution in [3.05, 3.63) is 17.5 Å². The first-order valence-corrected chi connectivity index (χ1v) is 5.93. The molecule has 0 saturated carbocycles. The van der Waals surface area contributed by atoms with Crippen LogP contribution in [-0.2, 0) is 17.5 Å². The summed E-state index contributed by atoms with van der Waals surface area (Å²) in [5.74, 6) is -0.225. The van der Waals surface area contributed by atoms with Crippen LogP contribution in [0, 0.1) is 6.92 Å². The van der Waals surface area contributed by atoms with E-state index in [4.69, 9.17) is 5.73 Å². The number of amides is 1. The summed E-state index contributed by atoms with van der Waals surface area (Å²) < 4.78 is 38.4. The second kappa shape index (κ2) is 6.55. The maximum atomic E-state index is 12.4. The van der Waals surface area contributed by atoms with Gasteiger partial charge < -0.3 is 11.1 Å². The molecule has 1 aromatic rings. The van der Waals surface area contributed by atoms with Crippen molar-refractivity contribution in [2.45, 2.75) is 32.5 Å². The van der Waals surface area contributed by atoms with Crippen molar-refractivity contribution in [3.8, 4) is 0 Å². The molecule has 0 radical (unpaired) electrons. The Kier molecular flexibility index (Phi) is 5.34. The van der Waals surface area contributed by atoms with Gasteiger partial charge in [0, 0.05) is 25.2 Å². The maximum absolute atomic E-state index is 12.4. The molecule has 1 aromatic heterocycles. The van der Waals surface area contributed by atoms with Gasteiger partial charge in [-0.25, -0.2) is 0 Å². The third kappa shape index (κ3) is 4.90. The number of nitrogens with one attached hydrogen (secondary N) is 1. The lowest BCUT2D eigenvalue weighted by molar-refractivity contribution is -0.141. The van der Waals surface area contributed by atoms with Crippen LogP contribution >= 0.6 is 0 Å². The summed E-state index contributed by atoms with van der Waals surface area (Å²) in [6.07, 6.45) is -3.70. The summed E-state index contributed by atoms with van der Waals surface area (Å²) in [6.45, 7) is 2.60. The van der Waals surface area contributed by atoms with E-state index >= 15 is 0 Å². The van der Waals surface area contributed by atoms with Gasteiger partial charge in [-0.3, -0.25) is 9.48 Å². The van der Waals surface area contributed by atoms with Gasteiger partial charge in [0.25, 0.3) is 0 Å². The number of alkyl halides is 3. The van der Waals surface area contributed by atoms with Crippen molar-refractivity contribution in [2.24, 2.45) is 5.73 Å². The quantitative estimate of drug-likeness (QED) is 0.764. The van der Waals surface area contributed by atoms with Crippen LogP contribution in [0.3, 0.4) is 0 Å². The van der Waals surface area contributed by atoms with Gasteiger partial charge in [-0.05, 0) is 26.0 Å². The van der Waals surface area contributed by atoms with Crippen molar-refractivity contribution in [3.63, 3.8) is 0 Å². The highest BCUT2D eigenvalue weighted by molar-refractivity contribution is 5.75. The smallest absolute Gasteiger partial charge is 0.356 e. The molecule has 1 rings (SSSR count). The summed E-state index contributed by atoms with van der Waals surface area (Å²) in [4.78, 5) is 11.4. The monoisotopic (exact) mass is 278 g/mol. The fourth-order valence-electron chi connectivity index (χ4n) is 1.50. The Morgan fingerprint density at radius 3 is 2.74 bits per heavy atom. The Bertz CT molecular complexity index is 428. The summed E-state index contributed by atoms with van der Waals surface area (Å²) in [6, 6.07) is 0.965. The molecule has 5 nitrogen and oxygen atoms in total. The largest absolute Gasteiger partial charge is 0.435 e. The number of nitrogens with zero attached hydrogens (tertiary/aromatic N) is 2. The minimum absolute atomic E-state index is 0.0877. The van der Waals surface area contributed by atoms with Crippen LogP contribution in [0.15, 0.2) is 6.07 Å². The average molecular weight is 278 g/mol. The molecule has 8 heteroatoms. The third-order valence-corrected chi connectivity index (χ3v) is 2.53. The van der Waals surface area contributed by atoms with Crippen LogP contribution in [0.25, 0.3) is 0 Å². The highest BCUT2D eigenvalue weighted by atomic mass is 19.4. The van der Waals surface area contributed by atoms with E-state index in [1.807, 2.05) is 0 Å². The minimum atomic E-state index is -4.46. The standard InChI is InChI=1S/C11H17F3N4O/c1-8-7-9(11(12,13)14)17-18(8)6-3-10(19)16-5-2-4-15/h7H,2-6,15H2,1H3,(H,16,19). The number of carbonyl (C=O) groups excluding carboxylic acids is 1. The number of hydrogen-bond donors (Lipinski definition) is 2. The first-order valence-electron chi connectivity index (χ1n) is 5.93. The molecule has 0 saturated heterocycles. The van der Waals surface area contributed by atoms with Crippen LogP contribution in [0.5, 0.6) is 0 Å². The molecule has 0 aliphatic rings. The van der Waals surface area contributed by atoms with Crippen LogP contribution in [0.1, 0.15) is 24.2 Å². The topological polar surface area (TPSA) is 72.9 Å². The molecular formula is C11H17F3N4O. The van der Waals surface area contributed by atoms with Gasteiger partial charge >= 0.3 is 6.18 Å². The zero-order valence-corrected chi connectivity index (χ0v) is 10.6. The van der Waals surface area contributed by atoms with Crippen molar-refractivity contribution >= 4 is 5.91 Å². The molecule has 0 aliphatic heterocycles. The molecule has 1 heterocycles. The molecule has 0 unspecified atom stereocenters. The molecule has 3 N–H and O–H groups in total. The van der Waals surface area contributed by atoms with E-state index in [1.165, 1.54) is 11.6 Å². The van der Waals surface area contributed by atoms with Crippen LogP contribution in [-0.4, -0.2) is 28.8 Å². The van der Waals surface area contributed by atoms with E-state index in [-0.39, 0.29) is 18.9 Å². The first kappa shape index (κ1) is 15.5. The molecule has 0 fully saturated rings. The Morgan fingerprint density at radius 2 is 2.21 bits per heavy atom. The number of nitrogens with two attached hydrogens (primary N) is 1. The SMILES string of the molecule is Cc1cc(C(F)(F)F)nn1CCC(=O)NCCCN. The fourth-order valence-corrected chi connectivity index (χ4v) is 1.50. The number of rotatable bonds is 6. The Morgan fingerprint density at radius 1 is 1.53 bits per heavy atom. The molecule has 0 bridgehead atoms. The van der Waals surface area contributed by atoms with Crippen LogP contribution < -0.4 is 11.1 Å². The second-order valence-corrected chi connectivity index (χ2v) is 4.13. The van der Waals surface area contributed by atoms with Crippen molar-refractivity contribution < 1.29 is 18.0 Å². The lowest BCUT2D eigenvalue weighted by atomic mass is 10.3. The normalized spacial score (nSPS) is 11.6. The lowest BCUT2D eigenvalue weighted by Crippen LogP contribution is -2.27. The number of halogens is 3. The predicted molar refractivity (Wildman–Crippen MR) is 63.3 cm³/mol. The van der Waals surface area contributed by atoms with Gasteiger partial charge in [-0.15, -0.1) is 0 Å². The van der Waals surface area contributed by atoms with Gasteiger partial charge in [0.2, 0.25) is 5.91 Å². The number of hydrogen-bond acceptors (Lipinski definition) is 3. The van der Waals surface area contributed by atoms with E-state index in [2.05, 4.69) is 10.4 Å². The third-order valence-electron chi connectivity index (χ3n) is 2.53. The van der Waals surface area contributed by atoms with Gasteiger partial charge in [0.05, 0.1) is 0 Å². The summed E-state index contributed by atoms with van der Waals surface area (Å²) in [7, 11) is 0. The Balaban J connectivity index is 2.49. The molecule has 1 amide bonds. The second-order valence-electron chi connectivity index (χ2n) is 4.13. The fraction of sp³-hybridized carbons (Fsp3) is 0.636. The molecule has 108 valence electrons. The van der Waals surface area contributed by atoms with E-state index in [9.17, 15) is 18.0 Å². The highest BCUT2D eigenvalue weighted by Gasteiger charge is 2.34. The van der Waals surface area contributed by atoms with Gasteiger partial charge in [-0.2, -0.15) is 18.3 Å². The molecule has 0 aromatic carbocycles.